The third-order valence-electron chi connectivity index (χ3n) is 2.76. The molecule has 0 fully saturated rings. The first-order valence-corrected chi connectivity index (χ1v) is 6.18. The van der Waals surface area contributed by atoms with Gasteiger partial charge in [0.05, 0.1) is 5.69 Å². The van der Waals surface area contributed by atoms with Crippen molar-refractivity contribution >= 4 is 5.82 Å². The second-order valence-electron chi connectivity index (χ2n) is 4.31. The number of anilines is 1. The molecule has 20 heavy (non-hydrogen) atoms. The molecule has 3 nitrogen and oxygen atoms in total. The standard InChI is InChI=1S/C14H14F3N3/c1-3-18-12-8-11(10-7-5-4-6-9(10)2)19-13(20-12)14(15,16)17/h4-8H,3H2,1-2H3,(H,18,19,20). The van der Waals surface area contributed by atoms with Crippen LogP contribution < -0.4 is 5.32 Å². The van der Waals surface area contributed by atoms with Crippen molar-refractivity contribution in [2.24, 2.45) is 0 Å². The third kappa shape index (κ3) is 3.07. The number of halogens is 3. The maximum absolute atomic E-state index is 12.9. The number of aryl methyl sites for hydroxylation is 1. The molecule has 0 radical (unpaired) electrons. The van der Waals surface area contributed by atoms with Crippen LogP contribution in [0.2, 0.25) is 0 Å². The van der Waals surface area contributed by atoms with Gasteiger partial charge in [-0.25, -0.2) is 9.97 Å². The zero-order valence-electron chi connectivity index (χ0n) is 11.1. The van der Waals surface area contributed by atoms with Crippen molar-refractivity contribution in [2.45, 2.75) is 20.0 Å². The highest BCUT2D eigenvalue weighted by atomic mass is 19.4. The quantitative estimate of drug-likeness (QED) is 0.927. The van der Waals surface area contributed by atoms with Crippen LogP contribution >= 0.6 is 0 Å². The molecule has 0 aliphatic carbocycles. The largest absolute Gasteiger partial charge is 0.451 e. The number of benzene rings is 1. The van der Waals surface area contributed by atoms with Crippen molar-refractivity contribution in [1.29, 1.82) is 0 Å². The van der Waals surface area contributed by atoms with Gasteiger partial charge in [-0.3, -0.25) is 0 Å². The predicted molar refractivity (Wildman–Crippen MR) is 71.4 cm³/mol. The van der Waals surface area contributed by atoms with Crippen LogP contribution in [0, 0.1) is 6.92 Å². The molecular weight excluding hydrogens is 267 g/mol. The minimum atomic E-state index is -4.57. The fourth-order valence-corrected chi connectivity index (χ4v) is 1.84. The summed E-state index contributed by atoms with van der Waals surface area (Å²) in [5, 5.41) is 2.80. The van der Waals surface area contributed by atoms with Gasteiger partial charge >= 0.3 is 6.18 Å². The van der Waals surface area contributed by atoms with Gasteiger partial charge in [0, 0.05) is 18.2 Å². The molecule has 0 amide bonds. The second-order valence-corrected chi connectivity index (χ2v) is 4.31. The molecule has 0 saturated carbocycles. The Hall–Kier alpha value is -2.11. The molecule has 6 heteroatoms. The number of hydrogen-bond acceptors (Lipinski definition) is 3. The summed E-state index contributed by atoms with van der Waals surface area (Å²) in [5.74, 6) is -0.956. The zero-order chi connectivity index (χ0) is 14.8. The van der Waals surface area contributed by atoms with Gasteiger partial charge in [0.2, 0.25) is 5.82 Å². The van der Waals surface area contributed by atoms with E-state index in [1.807, 2.05) is 19.1 Å². The monoisotopic (exact) mass is 281 g/mol. The van der Waals surface area contributed by atoms with E-state index in [2.05, 4.69) is 15.3 Å². The van der Waals surface area contributed by atoms with E-state index in [-0.39, 0.29) is 11.5 Å². The van der Waals surface area contributed by atoms with Gasteiger partial charge in [-0.2, -0.15) is 13.2 Å². The molecular formula is C14H14F3N3. The van der Waals surface area contributed by atoms with E-state index in [1.54, 1.807) is 19.1 Å². The normalized spacial score (nSPS) is 11.4. The van der Waals surface area contributed by atoms with Crippen molar-refractivity contribution in [3.05, 3.63) is 41.7 Å². The Kier molecular flexibility index (Phi) is 3.92. The molecule has 0 saturated heterocycles. The maximum Gasteiger partial charge on any atom is 0.451 e. The highest BCUT2D eigenvalue weighted by molar-refractivity contribution is 5.66. The predicted octanol–water partition coefficient (Wildman–Crippen LogP) is 3.90. The Bertz CT molecular complexity index is 609. The summed E-state index contributed by atoms with van der Waals surface area (Å²) in [4.78, 5) is 7.14. The first kappa shape index (κ1) is 14.3. The highest BCUT2D eigenvalue weighted by Crippen LogP contribution is 2.30. The molecule has 1 aromatic heterocycles. The van der Waals surface area contributed by atoms with Crippen LogP contribution in [0.1, 0.15) is 18.3 Å². The summed E-state index contributed by atoms with van der Waals surface area (Å²) < 4.78 is 38.6. The van der Waals surface area contributed by atoms with Crippen LogP contribution in [0.5, 0.6) is 0 Å². The average Bonchev–Trinajstić information content (AvgIpc) is 2.38. The number of nitrogens with zero attached hydrogens (tertiary/aromatic N) is 2. The molecule has 106 valence electrons. The van der Waals surface area contributed by atoms with E-state index in [4.69, 9.17) is 0 Å². The SMILES string of the molecule is CCNc1cc(-c2ccccc2C)nc(C(F)(F)F)n1. The van der Waals surface area contributed by atoms with Gasteiger partial charge in [-0.05, 0) is 19.4 Å². The zero-order valence-corrected chi connectivity index (χ0v) is 11.1. The van der Waals surface area contributed by atoms with E-state index in [1.165, 1.54) is 6.07 Å². The minimum absolute atomic E-state index is 0.174. The van der Waals surface area contributed by atoms with E-state index < -0.39 is 12.0 Å². The molecule has 0 atom stereocenters. The lowest BCUT2D eigenvalue weighted by Crippen LogP contribution is -2.14. The Morgan fingerprint density at radius 3 is 2.45 bits per heavy atom. The summed E-state index contributed by atoms with van der Waals surface area (Å²) in [6.07, 6.45) is -4.57. The van der Waals surface area contributed by atoms with Crippen molar-refractivity contribution in [2.75, 3.05) is 11.9 Å². The fourth-order valence-electron chi connectivity index (χ4n) is 1.84. The number of aromatic nitrogens is 2. The molecule has 0 bridgehead atoms. The van der Waals surface area contributed by atoms with Gasteiger partial charge in [-0.15, -0.1) is 0 Å². The summed E-state index contributed by atoms with van der Waals surface area (Å²) in [6, 6.07) is 8.70. The lowest BCUT2D eigenvalue weighted by Gasteiger charge is -2.12. The Morgan fingerprint density at radius 2 is 1.85 bits per heavy atom. The smallest absolute Gasteiger partial charge is 0.370 e. The van der Waals surface area contributed by atoms with Crippen LogP contribution in [0.15, 0.2) is 30.3 Å². The van der Waals surface area contributed by atoms with Crippen LogP contribution in [-0.2, 0) is 6.18 Å². The number of rotatable bonds is 3. The molecule has 0 aliphatic heterocycles. The Balaban J connectivity index is 2.58. The van der Waals surface area contributed by atoms with Crippen LogP contribution in [-0.4, -0.2) is 16.5 Å². The summed E-state index contributed by atoms with van der Waals surface area (Å²) in [7, 11) is 0. The molecule has 1 heterocycles. The Labute approximate surface area is 114 Å². The number of alkyl halides is 3. The third-order valence-corrected chi connectivity index (χ3v) is 2.76. The van der Waals surface area contributed by atoms with E-state index in [9.17, 15) is 13.2 Å². The van der Waals surface area contributed by atoms with Crippen LogP contribution in [0.4, 0.5) is 19.0 Å². The molecule has 0 unspecified atom stereocenters. The van der Waals surface area contributed by atoms with Gasteiger partial charge < -0.3 is 5.32 Å². The maximum atomic E-state index is 12.9. The summed E-state index contributed by atoms with van der Waals surface area (Å²) in [6.45, 7) is 4.11. The molecule has 1 aromatic carbocycles. The van der Waals surface area contributed by atoms with E-state index in [0.29, 0.717) is 12.1 Å². The molecule has 0 spiro atoms. The lowest BCUT2D eigenvalue weighted by atomic mass is 10.1. The van der Waals surface area contributed by atoms with E-state index in [0.717, 1.165) is 5.56 Å². The number of nitrogens with one attached hydrogen (secondary N) is 1. The van der Waals surface area contributed by atoms with Gasteiger partial charge in [0.15, 0.2) is 0 Å². The average molecular weight is 281 g/mol. The summed E-state index contributed by atoms with van der Waals surface area (Å²) in [5.41, 5.74) is 1.79. The van der Waals surface area contributed by atoms with Gasteiger partial charge in [0.25, 0.3) is 0 Å². The minimum Gasteiger partial charge on any atom is -0.370 e. The molecule has 0 aliphatic rings. The van der Waals surface area contributed by atoms with Crippen molar-refractivity contribution in [1.82, 2.24) is 9.97 Å². The van der Waals surface area contributed by atoms with Crippen molar-refractivity contribution in [3.8, 4) is 11.3 Å². The number of hydrogen-bond donors (Lipinski definition) is 1. The Morgan fingerprint density at radius 1 is 1.15 bits per heavy atom. The van der Waals surface area contributed by atoms with Gasteiger partial charge in [0.1, 0.15) is 5.82 Å². The molecule has 2 aromatic rings. The van der Waals surface area contributed by atoms with Crippen LogP contribution in [0.25, 0.3) is 11.3 Å². The van der Waals surface area contributed by atoms with Crippen molar-refractivity contribution in [3.63, 3.8) is 0 Å². The second kappa shape index (κ2) is 5.48. The first-order chi connectivity index (χ1) is 9.41. The topological polar surface area (TPSA) is 37.8 Å². The first-order valence-electron chi connectivity index (χ1n) is 6.18. The highest BCUT2D eigenvalue weighted by Gasteiger charge is 2.35. The molecule has 2 rings (SSSR count). The molecule has 1 N–H and O–H groups in total. The van der Waals surface area contributed by atoms with E-state index >= 15 is 0 Å². The summed E-state index contributed by atoms with van der Waals surface area (Å²) >= 11 is 0. The van der Waals surface area contributed by atoms with Crippen molar-refractivity contribution < 1.29 is 13.2 Å². The van der Waals surface area contributed by atoms with Gasteiger partial charge in [-0.1, -0.05) is 24.3 Å². The lowest BCUT2D eigenvalue weighted by molar-refractivity contribution is -0.144. The van der Waals surface area contributed by atoms with Crippen LogP contribution in [0.3, 0.4) is 0 Å². The fraction of sp³-hybridized carbons (Fsp3) is 0.286.